The summed E-state index contributed by atoms with van der Waals surface area (Å²) in [5, 5.41) is 3.36. The molecular weight excluding hydrogens is 176 g/mol. The lowest BCUT2D eigenvalue weighted by atomic mass is 10.1. The summed E-state index contributed by atoms with van der Waals surface area (Å²) < 4.78 is 2.08. The zero-order valence-corrected chi connectivity index (χ0v) is 7.85. The third-order valence-corrected chi connectivity index (χ3v) is 2.80. The fourth-order valence-corrected chi connectivity index (χ4v) is 2.06. The molecule has 3 heterocycles. The second-order valence-corrected chi connectivity index (χ2v) is 3.66. The maximum absolute atomic E-state index is 4.29. The van der Waals surface area contributed by atoms with Crippen molar-refractivity contribution in [2.45, 2.75) is 12.3 Å². The molecule has 2 aromatic heterocycles. The quantitative estimate of drug-likeness (QED) is 0.720. The molecule has 0 aliphatic carbocycles. The van der Waals surface area contributed by atoms with Crippen molar-refractivity contribution < 1.29 is 0 Å². The molecule has 0 aromatic carbocycles. The minimum Gasteiger partial charge on any atom is -0.316 e. The average Bonchev–Trinajstić information content (AvgIpc) is 2.85. The van der Waals surface area contributed by atoms with Gasteiger partial charge in [0.1, 0.15) is 0 Å². The molecule has 1 aliphatic rings. The third kappa shape index (κ3) is 1.11. The van der Waals surface area contributed by atoms with Crippen molar-refractivity contribution in [2.75, 3.05) is 13.1 Å². The summed E-state index contributed by atoms with van der Waals surface area (Å²) in [5.74, 6) is 1.39. The zero-order chi connectivity index (χ0) is 9.38. The van der Waals surface area contributed by atoms with E-state index in [9.17, 15) is 0 Å². The van der Waals surface area contributed by atoms with Gasteiger partial charge in [0, 0.05) is 30.6 Å². The average molecular weight is 188 g/mol. The van der Waals surface area contributed by atoms with E-state index in [1.165, 1.54) is 12.1 Å². The molecule has 1 N–H and O–H groups in total. The summed E-state index contributed by atoms with van der Waals surface area (Å²) in [7, 11) is 0. The van der Waals surface area contributed by atoms with Crippen molar-refractivity contribution in [2.24, 2.45) is 0 Å². The van der Waals surface area contributed by atoms with E-state index in [0.29, 0.717) is 5.92 Å². The summed E-state index contributed by atoms with van der Waals surface area (Å²) in [6, 6.07) is 1.94. The van der Waals surface area contributed by atoms with Crippen molar-refractivity contribution in [3.63, 3.8) is 0 Å². The number of nitrogens with zero attached hydrogens (tertiary/aromatic N) is 3. The van der Waals surface area contributed by atoms with E-state index in [4.69, 9.17) is 0 Å². The number of hydrogen-bond acceptors (Lipinski definition) is 3. The highest BCUT2D eigenvalue weighted by atomic mass is 15.1. The predicted octanol–water partition coefficient (Wildman–Crippen LogP) is 0.806. The standard InChI is InChI=1S/C10H12N4/c1-3-12-10-13-7-9(14(10)5-1)8-2-4-11-6-8/h1,3,5,7-8,11H,2,4,6H2. The number of fused-ring (bicyclic) bond motifs is 1. The van der Waals surface area contributed by atoms with Crippen molar-refractivity contribution in [1.29, 1.82) is 0 Å². The fraction of sp³-hybridized carbons (Fsp3) is 0.400. The van der Waals surface area contributed by atoms with E-state index >= 15 is 0 Å². The smallest absolute Gasteiger partial charge is 0.233 e. The van der Waals surface area contributed by atoms with Crippen LogP contribution >= 0.6 is 0 Å². The first kappa shape index (κ1) is 7.94. The van der Waals surface area contributed by atoms with Crippen molar-refractivity contribution in [3.05, 3.63) is 30.4 Å². The molecular formula is C10H12N4. The van der Waals surface area contributed by atoms with Crippen LogP contribution in [0.1, 0.15) is 18.0 Å². The normalized spacial score (nSPS) is 21.9. The van der Waals surface area contributed by atoms with Crippen LogP contribution in [0.2, 0.25) is 0 Å². The topological polar surface area (TPSA) is 42.2 Å². The molecule has 1 atom stereocenters. The Morgan fingerprint density at radius 1 is 1.43 bits per heavy atom. The lowest BCUT2D eigenvalue weighted by Crippen LogP contribution is -2.09. The molecule has 1 fully saturated rings. The van der Waals surface area contributed by atoms with Crippen LogP contribution in [0.3, 0.4) is 0 Å². The Hall–Kier alpha value is -1.42. The van der Waals surface area contributed by atoms with Crippen molar-refractivity contribution in [3.8, 4) is 0 Å². The lowest BCUT2D eigenvalue weighted by Gasteiger charge is -2.06. The van der Waals surface area contributed by atoms with Crippen molar-refractivity contribution in [1.82, 2.24) is 19.7 Å². The maximum atomic E-state index is 4.29. The highest BCUT2D eigenvalue weighted by molar-refractivity contribution is 5.32. The Kier molecular flexibility index (Phi) is 1.73. The first-order chi connectivity index (χ1) is 6.95. The summed E-state index contributed by atoms with van der Waals surface area (Å²) in [5.41, 5.74) is 1.28. The molecule has 1 unspecified atom stereocenters. The van der Waals surface area contributed by atoms with E-state index in [1.807, 2.05) is 18.5 Å². The van der Waals surface area contributed by atoms with E-state index in [0.717, 1.165) is 18.9 Å². The van der Waals surface area contributed by atoms with Gasteiger partial charge in [0.15, 0.2) is 0 Å². The van der Waals surface area contributed by atoms with Gasteiger partial charge >= 0.3 is 0 Å². The first-order valence-electron chi connectivity index (χ1n) is 4.94. The van der Waals surface area contributed by atoms with Gasteiger partial charge in [0.05, 0.1) is 6.20 Å². The second-order valence-electron chi connectivity index (χ2n) is 3.66. The molecule has 72 valence electrons. The van der Waals surface area contributed by atoms with Crippen LogP contribution in [0.4, 0.5) is 0 Å². The molecule has 4 heteroatoms. The Morgan fingerprint density at radius 2 is 2.43 bits per heavy atom. The molecule has 3 rings (SSSR count). The van der Waals surface area contributed by atoms with Crippen molar-refractivity contribution >= 4 is 5.78 Å². The maximum Gasteiger partial charge on any atom is 0.233 e. The molecule has 0 saturated carbocycles. The van der Waals surface area contributed by atoms with Gasteiger partial charge in [-0.1, -0.05) is 0 Å². The highest BCUT2D eigenvalue weighted by Crippen LogP contribution is 2.22. The van der Waals surface area contributed by atoms with Crippen LogP contribution in [-0.4, -0.2) is 27.5 Å². The fourth-order valence-electron chi connectivity index (χ4n) is 2.06. The van der Waals surface area contributed by atoms with Crippen LogP contribution in [0.25, 0.3) is 5.78 Å². The third-order valence-electron chi connectivity index (χ3n) is 2.80. The lowest BCUT2D eigenvalue weighted by molar-refractivity contribution is 0.725. The minimum atomic E-state index is 0.592. The van der Waals surface area contributed by atoms with Gasteiger partial charge in [-0.2, -0.15) is 0 Å². The van der Waals surface area contributed by atoms with Crippen LogP contribution in [0.15, 0.2) is 24.7 Å². The number of aromatic nitrogens is 3. The molecule has 0 amide bonds. The molecule has 4 nitrogen and oxygen atoms in total. The van der Waals surface area contributed by atoms with E-state index in [2.05, 4.69) is 19.7 Å². The molecule has 0 radical (unpaired) electrons. The summed E-state index contributed by atoms with van der Waals surface area (Å²) >= 11 is 0. The van der Waals surface area contributed by atoms with Gasteiger partial charge in [-0.15, -0.1) is 0 Å². The van der Waals surface area contributed by atoms with Gasteiger partial charge < -0.3 is 5.32 Å². The molecule has 1 saturated heterocycles. The van der Waals surface area contributed by atoms with Crippen LogP contribution in [0.5, 0.6) is 0 Å². The summed E-state index contributed by atoms with van der Waals surface area (Å²) in [6.45, 7) is 2.17. The van der Waals surface area contributed by atoms with Gasteiger partial charge in [-0.25, -0.2) is 9.97 Å². The largest absolute Gasteiger partial charge is 0.316 e. The molecule has 14 heavy (non-hydrogen) atoms. The Labute approximate surface area is 82.0 Å². The van der Waals surface area contributed by atoms with Gasteiger partial charge in [-0.3, -0.25) is 4.40 Å². The second kappa shape index (κ2) is 3.06. The molecule has 0 bridgehead atoms. The van der Waals surface area contributed by atoms with Crippen LogP contribution in [-0.2, 0) is 0 Å². The van der Waals surface area contributed by atoms with E-state index < -0.39 is 0 Å². The zero-order valence-electron chi connectivity index (χ0n) is 7.85. The van der Waals surface area contributed by atoms with Gasteiger partial charge in [0.2, 0.25) is 5.78 Å². The highest BCUT2D eigenvalue weighted by Gasteiger charge is 2.19. The van der Waals surface area contributed by atoms with Crippen LogP contribution in [0, 0.1) is 0 Å². The number of imidazole rings is 1. The Morgan fingerprint density at radius 3 is 3.29 bits per heavy atom. The summed E-state index contributed by atoms with van der Waals surface area (Å²) in [4.78, 5) is 8.49. The molecule has 1 aliphatic heterocycles. The van der Waals surface area contributed by atoms with Crippen LogP contribution < -0.4 is 5.32 Å². The number of hydrogen-bond donors (Lipinski definition) is 1. The monoisotopic (exact) mass is 188 g/mol. The number of rotatable bonds is 1. The molecule has 0 spiro atoms. The summed E-state index contributed by atoms with van der Waals surface area (Å²) in [6.07, 6.45) is 6.95. The van der Waals surface area contributed by atoms with Gasteiger partial charge in [-0.05, 0) is 19.0 Å². The SMILES string of the molecule is c1cnc2ncc(C3CCNC3)n2c1. The minimum absolute atomic E-state index is 0.592. The predicted molar refractivity (Wildman–Crippen MR) is 53.2 cm³/mol. The molecule has 2 aromatic rings. The Bertz CT molecular complexity index is 442. The van der Waals surface area contributed by atoms with E-state index in [1.54, 1.807) is 6.20 Å². The van der Waals surface area contributed by atoms with E-state index in [-0.39, 0.29) is 0 Å². The van der Waals surface area contributed by atoms with Gasteiger partial charge in [0.25, 0.3) is 0 Å². The Balaban J connectivity index is 2.11. The number of nitrogens with one attached hydrogen (secondary N) is 1. The first-order valence-corrected chi connectivity index (χ1v) is 4.94.